The summed E-state index contributed by atoms with van der Waals surface area (Å²) in [7, 11) is 0. The molecule has 0 atom stereocenters. The third-order valence-electron chi connectivity index (χ3n) is 4.99. The SMILES string of the molecule is Cc1cnn(C2(C(=O)O)CCN(C(=O)c3ccc4n[nH]nc4c3)CC2)c1. The van der Waals surface area contributed by atoms with Gasteiger partial charge < -0.3 is 10.0 Å². The van der Waals surface area contributed by atoms with Crippen LogP contribution >= 0.6 is 0 Å². The molecule has 26 heavy (non-hydrogen) atoms. The predicted molar refractivity (Wildman–Crippen MR) is 91.6 cm³/mol. The number of aromatic amines is 1. The molecular weight excluding hydrogens is 336 g/mol. The van der Waals surface area contributed by atoms with Crippen molar-refractivity contribution in [1.29, 1.82) is 0 Å². The van der Waals surface area contributed by atoms with Gasteiger partial charge in [0.1, 0.15) is 11.0 Å². The lowest BCUT2D eigenvalue weighted by molar-refractivity contribution is -0.150. The number of carboxylic acids is 1. The third-order valence-corrected chi connectivity index (χ3v) is 4.99. The molecule has 1 amide bonds. The molecule has 0 spiro atoms. The van der Waals surface area contributed by atoms with Crippen LogP contribution in [0.3, 0.4) is 0 Å². The molecule has 2 aromatic heterocycles. The molecule has 0 unspecified atom stereocenters. The second-order valence-electron chi connectivity index (χ2n) is 6.62. The Morgan fingerprint density at radius 2 is 1.92 bits per heavy atom. The zero-order valence-corrected chi connectivity index (χ0v) is 14.2. The Morgan fingerprint density at radius 3 is 2.58 bits per heavy atom. The Morgan fingerprint density at radius 1 is 1.19 bits per heavy atom. The highest BCUT2D eigenvalue weighted by Gasteiger charge is 2.45. The van der Waals surface area contributed by atoms with E-state index < -0.39 is 11.5 Å². The van der Waals surface area contributed by atoms with Crippen LogP contribution < -0.4 is 0 Å². The molecule has 9 heteroatoms. The minimum atomic E-state index is -1.11. The van der Waals surface area contributed by atoms with Crippen molar-refractivity contribution in [2.45, 2.75) is 25.3 Å². The number of aromatic nitrogens is 5. The summed E-state index contributed by atoms with van der Waals surface area (Å²) >= 11 is 0. The molecule has 2 N–H and O–H groups in total. The summed E-state index contributed by atoms with van der Waals surface area (Å²) in [5, 5.41) is 24.5. The fourth-order valence-electron chi connectivity index (χ4n) is 3.42. The number of carboxylic acid groups (broad SMARTS) is 1. The number of nitrogens with zero attached hydrogens (tertiary/aromatic N) is 5. The average Bonchev–Trinajstić information content (AvgIpc) is 3.29. The van der Waals surface area contributed by atoms with E-state index in [1.165, 1.54) is 4.68 Å². The van der Waals surface area contributed by atoms with Crippen LogP contribution in [0.15, 0.2) is 30.6 Å². The highest BCUT2D eigenvalue weighted by molar-refractivity contribution is 5.97. The second-order valence-corrected chi connectivity index (χ2v) is 6.62. The zero-order chi connectivity index (χ0) is 18.3. The zero-order valence-electron chi connectivity index (χ0n) is 14.2. The van der Waals surface area contributed by atoms with E-state index in [4.69, 9.17) is 0 Å². The molecule has 4 rings (SSSR count). The molecule has 1 saturated heterocycles. The maximum absolute atomic E-state index is 12.8. The van der Waals surface area contributed by atoms with Crippen molar-refractivity contribution in [2.24, 2.45) is 0 Å². The van der Waals surface area contributed by atoms with Gasteiger partial charge in [0.05, 0.1) is 6.20 Å². The predicted octanol–water partition coefficient (Wildman–Crippen LogP) is 1.18. The molecule has 134 valence electrons. The van der Waals surface area contributed by atoms with E-state index in [0.29, 0.717) is 42.5 Å². The van der Waals surface area contributed by atoms with Gasteiger partial charge in [0.25, 0.3) is 5.91 Å². The Hall–Kier alpha value is -3.23. The van der Waals surface area contributed by atoms with Crippen molar-refractivity contribution in [3.05, 3.63) is 41.7 Å². The van der Waals surface area contributed by atoms with E-state index >= 15 is 0 Å². The van der Waals surface area contributed by atoms with Crippen LogP contribution in [-0.4, -0.2) is 60.2 Å². The number of rotatable bonds is 3. The van der Waals surface area contributed by atoms with E-state index in [0.717, 1.165) is 5.56 Å². The summed E-state index contributed by atoms with van der Waals surface area (Å²) in [6.07, 6.45) is 4.00. The standard InChI is InChI=1S/C17H18N6O3/c1-11-9-18-23(10-11)17(16(25)26)4-6-22(7-5-17)15(24)12-2-3-13-14(8-12)20-21-19-13/h2-3,8-10H,4-7H2,1H3,(H,25,26)(H,19,20,21). The fraction of sp³-hybridized carbons (Fsp3) is 0.353. The summed E-state index contributed by atoms with van der Waals surface area (Å²) in [4.78, 5) is 26.4. The van der Waals surface area contributed by atoms with Crippen molar-refractivity contribution < 1.29 is 14.7 Å². The summed E-state index contributed by atoms with van der Waals surface area (Å²) in [6.45, 7) is 2.57. The van der Waals surface area contributed by atoms with E-state index in [2.05, 4.69) is 20.5 Å². The van der Waals surface area contributed by atoms with Gasteiger partial charge in [-0.3, -0.25) is 9.48 Å². The lowest BCUT2D eigenvalue weighted by Gasteiger charge is -2.39. The van der Waals surface area contributed by atoms with Crippen LogP contribution in [0.4, 0.5) is 0 Å². The number of carbonyl (C=O) groups is 2. The maximum atomic E-state index is 12.8. The lowest BCUT2D eigenvalue weighted by atomic mass is 9.87. The van der Waals surface area contributed by atoms with Gasteiger partial charge in [-0.2, -0.15) is 20.5 Å². The van der Waals surface area contributed by atoms with Gasteiger partial charge in [0.15, 0.2) is 5.54 Å². The van der Waals surface area contributed by atoms with E-state index in [1.54, 1.807) is 35.5 Å². The number of aliphatic carboxylic acids is 1. The molecule has 0 bridgehead atoms. The van der Waals surface area contributed by atoms with E-state index in [-0.39, 0.29) is 5.91 Å². The fourth-order valence-corrected chi connectivity index (χ4v) is 3.42. The highest BCUT2D eigenvalue weighted by Crippen LogP contribution is 2.31. The smallest absolute Gasteiger partial charge is 0.331 e. The minimum Gasteiger partial charge on any atom is -0.479 e. The second kappa shape index (κ2) is 5.94. The Kier molecular flexibility index (Phi) is 3.71. The number of benzene rings is 1. The van der Waals surface area contributed by atoms with Gasteiger partial charge in [-0.05, 0) is 30.7 Å². The number of nitrogens with one attached hydrogen (secondary N) is 1. The molecule has 1 aliphatic heterocycles. The molecule has 0 radical (unpaired) electrons. The molecule has 3 heterocycles. The summed E-state index contributed by atoms with van der Waals surface area (Å²) in [6, 6.07) is 5.14. The highest BCUT2D eigenvalue weighted by atomic mass is 16.4. The number of H-pyrrole nitrogens is 1. The molecular formula is C17H18N6O3. The van der Waals surface area contributed by atoms with Gasteiger partial charge in [-0.1, -0.05) is 0 Å². The largest absolute Gasteiger partial charge is 0.479 e. The van der Waals surface area contributed by atoms with Gasteiger partial charge in [-0.15, -0.1) is 0 Å². The van der Waals surface area contributed by atoms with Gasteiger partial charge in [0, 0.05) is 37.7 Å². The normalized spacial score (nSPS) is 16.7. The number of piperidine rings is 1. The van der Waals surface area contributed by atoms with Crippen molar-refractivity contribution >= 4 is 22.9 Å². The number of likely N-dealkylation sites (tertiary alicyclic amines) is 1. The number of fused-ring (bicyclic) bond motifs is 1. The first-order chi connectivity index (χ1) is 12.5. The molecule has 3 aromatic rings. The van der Waals surface area contributed by atoms with Gasteiger partial charge >= 0.3 is 5.97 Å². The van der Waals surface area contributed by atoms with Crippen molar-refractivity contribution in [3.63, 3.8) is 0 Å². The Balaban J connectivity index is 1.55. The van der Waals surface area contributed by atoms with E-state index in [9.17, 15) is 14.7 Å². The monoisotopic (exact) mass is 354 g/mol. The number of aryl methyl sites for hydroxylation is 1. The first kappa shape index (κ1) is 16.2. The number of amides is 1. The first-order valence-electron chi connectivity index (χ1n) is 8.34. The minimum absolute atomic E-state index is 0.134. The van der Waals surface area contributed by atoms with E-state index in [1.807, 2.05) is 6.92 Å². The Bertz CT molecular complexity index is 983. The number of hydrogen-bond donors (Lipinski definition) is 2. The molecule has 9 nitrogen and oxygen atoms in total. The summed E-state index contributed by atoms with van der Waals surface area (Å²) < 4.78 is 1.52. The molecule has 1 fully saturated rings. The first-order valence-corrected chi connectivity index (χ1v) is 8.34. The van der Waals surface area contributed by atoms with Crippen molar-refractivity contribution in [2.75, 3.05) is 13.1 Å². The quantitative estimate of drug-likeness (QED) is 0.729. The Labute approximate surface area is 148 Å². The third kappa shape index (κ3) is 2.52. The summed E-state index contributed by atoms with van der Waals surface area (Å²) in [5.74, 6) is -1.05. The van der Waals surface area contributed by atoms with Crippen molar-refractivity contribution in [1.82, 2.24) is 30.1 Å². The van der Waals surface area contributed by atoms with Crippen molar-refractivity contribution in [3.8, 4) is 0 Å². The summed E-state index contributed by atoms with van der Waals surface area (Å²) in [5.41, 5.74) is 1.63. The number of hydrogen-bond acceptors (Lipinski definition) is 5. The van der Waals surface area contributed by atoms with Crippen LogP contribution in [-0.2, 0) is 10.3 Å². The maximum Gasteiger partial charge on any atom is 0.331 e. The number of carbonyl (C=O) groups excluding carboxylic acids is 1. The lowest BCUT2D eigenvalue weighted by Crippen LogP contribution is -2.52. The van der Waals surface area contributed by atoms with Crippen LogP contribution in [0, 0.1) is 6.92 Å². The molecule has 0 aliphatic carbocycles. The van der Waals surface area contributed by atoms with Gasteiger partial charge in [0.2, 0.25) is 0 Å². The van der Waals surface area contributed by atoms with Crippen LogP contribution in [0.2, 0.25) is 0 Å². The average molecular weight is 354 g/mol. The topological polar surface area (TPSA) is 117 Å². The molecule has 1 aromatic carbocycles. The molecule has 0 saturated carbocycles. The molecule has 1 aliphatic rings. The van der Waals surface area contributed by atoms with Gasteiger partial charge in [-0.25, -0.2) is 4.79 Å². The van der Waals surface area contributed by atoms with Crippen LogP contribution in [0.25, 0.3) is 11.0 Å². The van der Waals surface area contributed by atoms with Crippen LogP contribution in [0.5, 0.6) is 0 Å². The van der Waals surface area contributed by atoms with Crippen LogP contribution in [0.1, 0.15) is 28.8 Å².